The van der Waals surface area contributed by atoms with Gasteiger partial charge in [-0.15, -0.1) is 0 Å². The molecule has 0 bridgehead atoms. The van der Waals surface area contributed by atoms with Crippen LogP contribution in [0.5, 0.6) is 0 Å². The summed E-state index contributed by atoms with van der Waals surface area (Å²) in [6.45, 7) is 1.95. The van der Waals surface area contributed by atoms with E-state index in [2.05, 4.69) is 4.98 Å². The second-order valence-corrected chi connectivity index (χ2v) is 7.06. The van der Waals surface area contributed by atoms with Gasteiger partial charge in [0.15, 0.2) is 0 Å². The Hall–Kier alpha value is -1.49. The Kier molecular flexibility index (Phi) is 4.95. The number of halogens is 2. The number of hydrogen-bond donors (Lipinski definition) is 0. The molecule has 23 heavy (non-hydrogen) atoms. The van der Waals surface area contributed by atoms with Crippen LogP contribution in [0.2, 0.25) is 10.0 Å². The molecule has 0 saturated carbocycles. The monoisotopic (exact) mass is 364 g/mol. The van der Waals surface area contributed by atoms with E-state index in [-0.39, 0.29) is 5.56 Å². The molecule has 0 saturated heterocycles. The first-order chi connectivity index (χ1) is 11.0. The summed E-state index contributed by atoms with van der Waals surface area (Å²) in [5.41, 5.74) is 3.53. The lowest BCUT2D eigenvalue weighted by molar-refractivity contribution is 1.00. The Balaban J connectivity index is 1.73. The third kappa shape index (κ3) is 3.89. The van der Waals surface area contributed by atoms with Gasteiger partial charge >= 0.3 is 0 Å². The van der Waals surface area contributed by atoms with Crippen molar-refractivity contribution in [3.05, 3.63) is 79.8 Å². The highest BCUT2D eigenvalue weighted by Crippen LogP contribution is 2.25. The number of nitrogens with zero attached hydrogens (tertiary/aromatic N) is 2. The highest BCUT2D eigenvalue weighted by atomic mass is 35.5. The zero-order chi connectivity index (χ0) is 16.4. The Morgan fingerprint density at radius 1 is 1.09 bits per heavy atom. The van der Waals surface area contributed by atoms with Gasteiger partial charge in [-0.2, -0.15) is 11.8 Å². The van der Waals surface area contributed by atoms with Gasteiger partial charge in [-0.3, -0.25) is 9.20 Å². The van der Waals surface area contributed by atoms with Gasteiger partial charge in [-0.1, -0.05) is 35.3 Å². The fraction of sp³-hybridized carbons (Fsp3) is 0.176. The summed E-state index contributed by atoms with van der Waals surface area (Å²) in [5.74, 6) is 1.45. The van der Waals surface area contributed by atoms with Gasteiger partial charge in [0, 0.05) is 23.8 Å². The van der Waals surface area contributed by atoms with Gasteiger partial charge in [0.25, 0.3) is 5.56 Å². The maximum Gasteiger partial charge on any atom is 0.258 e. The average Bonchev–Trinajstić information content (AvgIpc) is 2.52. The number of aromatic nitrogens is 2. The van der Waals surface area contributed by atoms with Crippen molar-refractivity contribution >= 4 is 40.6 Å². The lowest BCUT2D eigenvalue weighted by Crippen LogP contribution is -2.15. The van der Waals surface area contributed by atoms with Crippen molar-refractivity contribution in [1.29, 1.82) is 0 Å². The smallest absolute Gasteiger partial charge is 0.258 e. The normalized spacial score (nSPS) is 11.1. The molecule has 2 aromatic heterocycles. The molecule has 1 aromatic carbocycles. The second-order valence-electron chi connectivity index (χ2n) is 5.26. The van der Waals surface area contributed by atoms with Crippen LogP contribution in [0.3, 0.4) is 0 Å². The summed E-state index contributed by atoms with van der Waals surface area (Å²) in [6.07, 6.45) is 1.80. The van der Waals surface area contributed by atoms with Crippen LogP contribution in [-0.2, 0) is 11.5 Å². The van der Waals surface area contributed by atoms with Crippen LogP contribution in [0.15, 0.2) is 47.4 Å². The lowest BCUT2D eigenvalue weighted by atomic mass is 10.2. The largest absolute Gasteiger partial charge is 0.269 e. The summed E-state index contributed by atoms with van der Waals surface area (Å²) >= 11 is 13.6. The molecule has 0 aliphatic carbocycles. The Morgan fingerprint density at radius 2 is 1.91 bits per heavy atom. The summed E-state index contributed by atoms with van der Waals surface area (Å²) in [5, 5.41) is 1.11. The van der Waals surface area contributed by atoms with Gasteiger partial charge in [0.1, 0.15) is 5.65 Å². The number of thioether (sulfide) groups is 1. The standard InChI is InChI=1S/C17H14Cl2N2OS/c1-11-2-5-16-20-13(7-17(22)21(16)8-11)10-23-9-12-3-4-14(18)15(19)6-12/h2-8H,9-10H2,1H3. The van der Waals surface area contributed by atoms with Crippen LogP contribution in [0, 0.1) is 6.92 Å². The molecule has 3 rings (SSSR count). The minimum absolute atomic E-state index is 0.0520. The molecule has 0 N–H and O–H groups in total. The van der Waals surface area contributed by atoms with Gasteiger partial charge in [-0.25, -0.2) is 4.98 Å². The minimum Gasteiger partial charge on any atom is -0.269 e. The van der Waals surface area contributed by atoms with E-state index in [1.54, 1.807) is 34.5 Å². The SMILES string of the molecule is Cc1ccc2nc(CSCc3ccc(Cl)c(Cl)c3)cc(=O)n2c1. The van der Waals surface area contributed by atoms with E-state index in [0.717, 1.165) is 22.6 Å². The van der Waals surface area contributed by atoms with E-state index in [0.29, 0.717) is 21.4 Å². The van der Waals surface area contributed by atoms with Crippen molar-refractivity contribution in [2.75, 3.05) is 0 Å². The van der Waals surface area contributed by atoms with Gasteiger partial charge in [-0.05, 0) is 36.2 Å². The zero-order valence-corrected chi connectivity index (χ0v) is 14.8. The van der Waals surface area contributed by atoms with Gasteiger partial charge < -0.3 is 0 Å². The van der Waals surface area contributed by atoms with E-state index in [9.17, 15) is 4.79 Å². The number of rotatable bonds is 4. The van der Waals surface area contributed by atoms with Crippen LogP contribution in [-0.4, -0.2) is 9.38 Å². The molecule has 0 aliphatic heterocycles. The third-order valence-electron chi connectivity index (χ3n) is 3.36. The molecule has 0 unspecified atom stereocenters. The van der Waals surface area contributed by atoms with Crippen molar-refractivity contribution in [1.82, 2.24) is 9.38 Å². The molecule has 6 heteroatoms. The first kappa shape index (κ1) is 16.4. The molecular weight excluding hydrogens is 351 g/mol. The van der Waals surface area contributed by atoms with Crippen molar-refractivity contribution in [2.24, 2.45) is 0 Å². The number of fused-ring (bicyclic) bond motifs is 1. The van der Waals surface area contributed by atoms with Gasteiger partial charge in [0.05, 0.1) is 15.7 Å². The molecule has 0 atom stereocenters. The fourth-order valence-corrected chi connectivity index (χ4v) is 3.43. The number of pyridine rings is 1. The molecule has 0 spiro atoms. The molecule has 0 aliphatic rings. The van der Waals surface area contributed by atoms with Crippen molar-refractivity contribution < 1.29 is 0 Å². The summed E-state index contributed by atoms with van der Waals surface area (Å²) in [6, 6.07) is 11.0. The predicted octanol–water partition coefficient (Wildman–Crippen LogP) is 4.74. The van der Waals surface area contributed by atoms with Crippen molar-refractivity contribution in [3.8, 4) is 0 Å². The summed E-state index contributed by atoms with van der Waals surface area (Å²) in [4.78, 5) is 16.7. The molecule has 118 valence electrons. The maximum absolute atomic E-state index is 12.1. The topological polar surface area (TPSA) is 34.4 Å². The van der Waals surface area contributed by atoms with E-state index < -0.39 is 0 Å². The molecule has 3 nitrogen and oxygen atoms in total. The predicted molar refractivity (Wildman–Crippen MR) is 97.7 cm³/mol. The molecule has 0 amide bonds. The van der Waals surface area contributed by atoms with Crippen LogP contribution in [0.25, 0.3) is 5.65 Å². The van der Waals surface area contributed by atoms with E-state index in [4.69, 9.17) is 23.2 Å². The van der Waals surface area contributed by atoms with E-state index >= 15 is 0 Å². The van der Waals surface area contributed by atoms with E-state index in [1.807, 2.05) is 31.2 Å². The molecule has 2 heterocycles. The molecule has 0 fully saturated rings. The minimum atomic E-state index is -0.0520. The molecule has 0 radical (unpaired) electrons. The highest BCUT2D eigenvalue weighted by molar-refractivity contribution is 7.97. The number of benzene rings is 1. The number of hydrogen-bond acceptors (Lipinski definition) is 3. The fourth-order valence-electron chi connectivity index (χ4n) is 2.24. The number of aryl methyl sites for hydroxylation is 1. The van der Waals surface area contributed by atoms with Crippen LogP contribution in [0.4, 0.5) is 0 Å². The van der Waals surface area contributed by atoms with E-state index in [1.165, 1.54) is 0 Å². The van der Waals surface area contributed by atoms with Crippen LogP contribution < -0.4 is 5.56 Å². The zero-order valence-electron chi connectivity index (χ0n) is 12.4. The van der Waals surface area contributed by atoms with Crippen LogP contribution in [0.1, 0.15) is 16.8 Å². The van der Waals surface area contributed by atoms with Gasteiger partial charge in [0.2, 0.25) is 0 Å². The second kappa shape index (κ2) is 6.95. The molecular formula is C17H14Cl2N2OS. The Labute approximate surface area is 148 Å². The Bertz CT molecular complexity index is 924. The summed E-state index contributed by atoms with van der Waals surface area (Å²) < 4.78 is 1.57. The van der Waals surface area contributed by atoms with Crippen LogP contribution >= 0.6 is 35.0 Å². The van der Waals surface area contributed by atoms with Crippen molar-refractivity contribution in [3.63, 3.8) is 0 Å². The quantitative estimate of drug-likeness (QED) is 0.670. The first-order valence-electron chi connectivity index (χ1n) is 7.03. The summed E-state index contributed by atoms with van der Waals surface area (Å²) in [7, 11) is 0. The highest BCUT2D eigenvalue weighted by Gasteiger charge is 2.04. The lowest BCUT2D eigenvalue weighted by Gasteiger charge is -2.06. The Morgan fingerprint density at radius 3 is 2.70 bits per heavy atom. The average molecular weight is 365 g/mol. The maximum atomic E-state index is 12.1. The third-order valence-corrected chi connectivity index (χ3v) is 5.14. The molecule has 3 aromatic rings. The first-order valence-corrected chi connectivity index (χ1v) is 8.94. The van der Waals surface area contributed by atoms with Crippen molar-refractivity contribution in [2.45, 2.75) is 18.4 Å².